The maximum Gasteiger partial charge on any atom is 0.264 e. The number of aromatic nitrogens is 4. The average Bonchev–Trinajstić information content (AvgIpc) is 3.65. The van der Waals surface area contributed by atoms with Crippen LogP contribution in [0.15, 0.2) is 42.0 Å². The van der Waals surface area contributed by atoms with E-state index in [0.717, 1.165) is 22.5 Å². The first-order valence-corrected chi connectivity index (χ1v) is 25.8. The highest BCUT2D eigenvalue weighted by molar-refractivity contribution is 7.89. The molecule has 2 aromatic heterocycles. The number of sulfonamides is 1. The summed E-state index contributed by atoms with van der Waals surface area (Å²) in [6.45, 7) is -4.26. The van der Waals surface area contributed by atoms with Crippen molar-refractivity contribution in [2.24, 2.45) is 0 Å². The van der Waals surface area contributed by atoms with E-state index >= 15 is 0 Å². The number of carbonyl (C=O) groups is 6. The highest BCUT2D eigenvalue weighted by Crippen LogP contribution is 2.41. The molecule has 1 aliphatic carbocycles. The summed E-state index contributed by atoms with van der Waals surface area (Å²) in [7, 11) is -8.16. The number of hydrogen-bond acceptors (Lipinski definition) is 23. The molecule has 0 bridgehead atoms. The van der Waals surface area contributed by atoms with Gasteiger partial charge in [-0.1, -0.05) is 17.4 Å². The summed E-state index contributed by atoms with van der Waals surface area (Å²) in [5.74, 6) is -6.84. The van der Waals surface area contributed by atoms with Gasteiger partial charge in [0.1, 0.15) is 41.8 Å². The van der Waals surface area contributed by atoms with Crippen LogP contribution >= 0.6 is 22.9 Å². The van der Waals surface area contributed by atoms with Gasteiger partial charge in [0.15, 0.2) is 29.7 Å². The minimum atomic E-state index is -4.28. The number of thiazole rings is 1. The third-order valence-electron chi connectivity index (χ3n) is 10.1. The lowest BCUT2D eigenvalue weighted by Gasteiger charge is -2.29. The second-order valence-corrected chi connectivity index (χ2v) is 20.3. The van der Waals surface area contributed by atoms with Crippen molar-refractivity contribution < 1.29 is 84.6 Å². The number of amides is 2. The van der Waals surface area contributed by atoms with Crippen LogP contribution in [0, 0.1) is 0 Å². The number of anilines is 3. The van der Waals surface area contributed by atoms with E-state index in [1.54, 1.807) is 27.5 Å². The lowest BCUT2D eigenvalue weighted by molar-refractivity contribution is -0.669. The Morgan fingerprint density at radius 2 is 1.62 bits per heavy atom. The van der Waals surface area contributed by atoms with Crippen LogP contribution < -0.4 is 35.3 Å². The van der Waals surface area contributed by atoms with Crippen molar-refractivity contribution in [2.45, 2.75) is 37.5 Å². The quantitative estimate of drug-likeness (QED) is 0.00712. The Hall–Kier alpha value is -6.15. The van der Waals surface area contributed by atoms with Gasteiger partial charge in [-0.05, 0) is 36.2 Å². The van der Waals surface area contributed by atoms with Gasteiger partial charge in [-0.15, -0.1) is 0 Å². The Balaban J connectivity index is 1.44. The molecular formula is C41H49ClN9O17S3+. The second kappa shape index (κ2) is 24.8. The van der Waals surface area contributed by atoms with Crippen LogP contribution in [0.5, 0.6) is 5.75 Å². The Labute approximate surface area is 413 Å². The molecule has 1 fully saturated rings. The minimum absolute atomic E-state index is 0.000578. The number of aliphatic hydroxyl groups is 4. The fourth-order valence-corrected chi connectivity index (χ4v) is 9.16. The van der Waals surface area contributed by atoms with Crippen molar-refractivity contribution in [1.29, 1.82) is 0 Å². The third kappa shape index (κ3) is 15.9. The van der Waals surface area contributed by atoms with Crippen molar-refractivity contribution in [3.63, 3.8) is 0 Å². The highest BCUT2D eigenvalue weighted by atomic mass is 35.5. The van der Waals surface area contributed by atoms with Gasteiger partial charge in [-0.3, -0.25) is 38.0 Å². The Bertz CT molecular complexity index is 2880. The molecule has 71 heavy (non-hydrogen) atoms. The number of Topliss-reactive ketones (excluding diaryl/α,β-unsaturated/α-hetero) is 4. The molecule has 30 heteroatoms. The number of aliphatic hydroxyl groups excluding tert-OH is 4. The molecule has 384 valence electrons. The van der Waals surface area contributed by atoms with E-state index in [-0.39, 0.29) is 91.0 Å². The normalized spacial score (nSPS) is 14.6. The van der Waals surface area contributed by atoms with Crippen molar-refractivity contribution in [1.82, 2.24) is 25.0 Å². The Morgan fingerprint density at radius 3 is 2.24 bits per heavy atom. The standard InChI is InChI=1S/C41H48ClN9O17S3/c1-70(62,63)49-33(58)21-67-11-12-68-31-15-23(50(17-27(54)29(56)19-52)18-28(55)30(57)20-53)5-6-24(31)35-36(59)25(37(35)60)16-34-51(10-2-3-13-71(64,65)66)26-7-4-22(14-32(26)69-34)38(61)44-8-9-45-41-47-39(42)46-40(43)48-41/h4-7,14-16,29-30,35,52-53,56-57H,2-3,8-13,17-21H2,1H3,(H5-,43,44,45,46,47,48,49,58,61,64,65,66)/p+1. The number of halogens is 1. The molecule has 5 rings (SSSR count). The monoisotopic (exact) mass is 1070 g/mol. The minimum Gasteiger partial charge on any atom is -0.491 e. The summed E-state index contributed by atoms with van der Waals surface area (Å²) < 4.78 is 70.1. The predicted octanol–water partition coefficient (Wildman–Crippen LogP) is -2.44. The first-order valence-electron chi connectivity index (χ1n) is 21.1. The largest absolute Gasteiger partial charge is 0.491 e. The van der Waals surface area contributed by atoms with E-state index < -0.39 is 112 Å². The summed E-state index contributed by atoms with van der Waals surface area (Å²) in [5, 5.41) is 44.6. The van der Waals surface area contributed by atoms with Gasteiger partial charge in [0, 0.05) is 54.5 Å². The van der Waals surface area contributed by atoms with Gasteiger partial charge in [0.25, 0.3) is 26.9 Å². The molecule has 2 amide bonds. The van der Waals surface area contributed by atoms with Gasteiger partial charge < -0.3 is 51.2 Å². The SMILES string of the molecule is CS(=O)(=O)NC(=O)COCCOc1cc(N(CC(=O)C(O)CO)CC(=O)C(O)CO)ccc1C1C(=O)C(=Cc2sc3cc(C(=O)NCCNc4nc(N)nc(Cl)n4)ccc3[n+]2CCCCS(=O)(=O)O)C1=O. The number of rotatable bonds is 28. The summed E-state index contributed by atoms with van der Waals surface area (Å²) in [6, 6.07) is 8.62. The van der Waals surface area contributed by atoms with Crippen LogP contribution in [0.2, 0.25) is 5.28 Å². The molecule has 0 aliphatic heterocycles. The number of nitrogens with one attached hydrogen (secondary N) is 3. The summed E-state index contributed by atoms with van der Waals surface area (Å²) in [4.78, 5) is 91.3. The van der Waals surface area contributed by atoms with Crippen LogP contribution in [0.1, 0.15) is 39.7 Å². The molecular weight excluding hydrogens is 1020 g/mol. The molecule has 2 aromatic carbocycles. The number of nitrogen functional groups attached to an aromatic ring is 1. The fourth-order valence-electron chi connectivity index (χ4n) is 6.78. The number of ether oxygens (including phenoxy) is 2. The average molecular weight is 1070 g/mol. The molecule has 26 nitrogen and oxygen atoms in total. The molecule has 2 heterocycles. The van der Waals surface area contributed by atoms with Crippen molar-refractivity contribution in [3.05, 3.63) is 63.4 Å². The van der Waals surface area contributed by atoms with Crippen molar-refractivity contribution >= 4 is 112 Å². The Kier molecular flexibility index (Phi) is 19.5. The molecule has 1 saturated carbocycles. The number of nitrogens with two attached hydrogens (primary N) is 1. The second-order valence-electron chi connectivity index (χ2n) is 15.6. The van der Waals surface area contributed by atoms with Gasteiger partial charge in [0.05, 0.1) is 50.5 Å². The number of carbonyl (C=O) groups excluding carboxylic acids is 6. The topological polar surface area (TPSA) is 398 Å². The lowest BCUT2D eigenvalue weighted by Crippen LogP contribution is -2.43. The first kappa shape index (κ1) is 55.8. The fraction of sp³-hybridized carbons (Fsp3) is 0.415. The Morgan fingerprint density at radius 1 is 0.944 bits per heavy atom. The lowest BCUT2D eigenvalue weighted by atomic mass is 9.72. The molecule has 0 spiro atoms. The van der Waals surface area contributed by atoms with Gasteiger partial charge in [0.2, 0.25) is 32.7 Å². The van der Waals surface area contributed by atoms with E-state index in [4.69, 9.17) is 26.8 Å². The number of aryl methyl sites for hydroxylation is 1. The van der Waals surface area contributed by atoms with Crippen LogP contribution in [-0.2, 0) is 55.4 Å². The van der Waals surface area contributed by atoms with Crippen molar-refractivity contribution in [3.8, 4) is 5.75 Å². The zero-order chi connectivity index (χ0) is 52.2. The molecule has 1 aliphatic rings. The molecule has 10 N–H and O–H groups in total. The van der Waals surface area contributed by atoms with E-state index in [1.165, 1.54) is 24.3 Å². The zero-order valence-electron chi connectivity index (χ0n) is 37.5. The number of ketones is 4. The van der Waals surface area contributed by atoms with Crippen molar-refractivity contribution in [2.75, 3.05) is 87.2 Å². The summed E-state index contributed by atoms with van der Waals surface area (Å²) in [6.07, 6.45) is -1.31. The summed E-state index contributed by atoms with van der Waals surface area (Å²) in [5.41, 5.74) is 6.17. The van der Waals surface area contributed by atoms with Crippen LogP contribution in [0.4, 0.5) is 17.6 Å². The highest BCUT2D eigenvalue weighted by Gasteiger charge is 2.47. The third-order valence-corrected chi connectivity index (χ3v) is 12.8. The number of allylic oxidation sites excluding steroid dienone is 1. The number of benzene rings is 2. The summed E-state index contributed by atoms with van der Waals surface area (Å²) >= 11 is 6.93. The smallest absolute Gasteiger partial charge is 0.264 e. The number of nitrogens with zero attached hydrogens (tertiary/aromatic N) is 5. The predicted molar refractivity (Wildman–Crippen MR) is 253 cm³/mol. The maximum absolute atomic E-state index is 14.1. The van der Waals surface area contributed by atoms with E-state index in [0.29, 0.717) is 15.2 Å². The van der Waals surface area contributed by atoms with Gasteiger partial charge in [-0.2, -0.15) is 27.9 Å². The number of hydrogen-bond donors (Lipinski definition) is 9. The molecule has 4 aromatic rings. The molecule has 0 radical (unpaired) electrons. The van der Waals surface area contributed by atoms with Crippen LogP contribution in [0.25, 0.3) is 16.3 Å². The van der Waals surface area contributed by atoms with E-state index in [1.807, 2.05) is 0 Å². The van der Waals surface area contributed by atoms with E-state index in [2.05, 4.69) is 25.6 Å². The first-order chi connectivity index (χ1) is 33.5. The molecule has 0 saturated heterocycles. The van der Waals surface area contributed by atoms with Crippen LogP contribution in [0.3, 0.4) is 0 Å². The van der Waals surface area contributed by atoms with E-state index in [9.17, 15) is 70.6 Å². The molecule has 2 atom stereocenters. The number of unbranched alkanes of at least 4 members (excludes halogenated alkanes) is 1. The maximum atomic E-state index is 14.1. The van der Waals surface area contributed by atoms with Gasteiger partial charge >= 0.3 is 0 Å². The van der Waals surface area contributed by atoms with Crippen LogP contribution in [-0.4, -0.2) is 175 Å². The molecule has 2 unspecified atom stereocenters. The van der Waals surface area contributed by atoms with Gasteiger partial charge in [-0.25, -0.2) is 8.42 Å². The zero-order valence-corrected chi connectivity index (χ0v) is 40.7. The number of fused-ring (bicyclic) bond motifs is 1.